The number of aliphatic hydroxyl groups excluding tert-OH is 1. The van der Waals surface area contributed by atoms with E-state index in [4.69, 9.17) is 4.74 Å². The SMILES string of the molecule is Cc1cccc(C)c1OCC(O)CNC(C)CS(C)=O. The second-order valence-electron chi connectivity index (χ2n) is 5.23. The Kier molecular flexibility index (Phi) is 7.19. The summed E-state index contributed by atoms with van der Waals surface area (Å²) in [5, 5.41) is 13.1. The van der Waals surface area contributed by atoms with Gasteiger partial charge in [0.2, 0.25) is 0 Å². The Hall–Kier alpha value is -0.910. The molecular formula is C15H25NO3S. The molecule has 1 rings (SSSR count). The Labute approximate surface area is 124 Å². The molecule has 0 saturated carbocycles. The molecule has 0 bridgehead atoms. The lowest BCUT2D eigenvalue weighted by atomic mass is 10.1. The number of ether oxygens (including phenoxy) is 1. The fourth-order valence-electron chi connectivity index (χ4n) is 2.01. The van der Waals surface area contributed by atoms with Crippen molar-refractivity contribution in [3.63, 3.8) is 0 Å². The Balaban J connectivity index is 2.36. The molecule has 1 aromatic rings. The van der Waals surface area contributed by atoms with Crippen molar-refractivity contribution in [2.75, 3.05) is 25.2 Å². The van der Waals surface area contributed by atoms with Gasteiger partial charge in [-0.15, -0.1) is 0 Å². The van der Waals surface area contributed by atoms with Gasteiger partial charge in [0.1, 0.15) is 18.5 Å². The van der Waals surface area contributed by atoms with Crippen LogP contribution in [0.2, 0.25) is 0 Å². The van der Waals surface area contributed by atoms with Crippen molar-refractivity contribution >= 4 is 10.8 Å². The lowest BCUT2D eigenvalue weighted by molar-refractivity contribution is 0.104. The lowest BCUT2D eigenvalue weighted by Gasteiger charge is -2.18. The fraction of sp³-hybridized carbons (Fsp3) is 0.600. The Morgan fingerprint density at radius 2 is 1.95 bits per heavy atom. The van der Waals surface area contributed by atoms with Crippen LogP contribution in [0.1, 0.15) is 18.1 Å². The predicted octanol–water partition coefficient (Wildman–Crippen LogP) is 1.40. The highest BCUT2D eigenvalue weighted by Crippen LogP contribution is 2.22. The van der Waals surface area contributed by atoms with Crippen LogP contribution in [0.3, 0.4) is 0 Å². The highest BCUT2D eigenvalue weighted by atomic mass is 32.2. The summed E-state index contributed by atoms with van der Waals surface area (Å²) < 4.78 is 16.8. The number of benzene rings is 1. The molecule has 0 heterocycles. The van der Waals surface area contributed by atoms with Crippen LogP contribution in [-0.2, 0) is 10.8 Å². The van der Waals surface area contributed by atoms with E-state index in [2.05, 4.69) is 5.32 Å². The molecule has 0 aliphatic heterocycles. The highest BCUT2D eigenvalue weighted by molar-refractivity contribution is 7.84. The van der Waals surface area contributed by atoms with E-state index in [0.717, 1.165) is 16.9 Å². The summed E-state index contributed by atoms with van der Waals surface area (Å²) in [6.07, 6.45) is 1.10. The topological polar surface area (TPSA) is 58.6 Å². The predicted molar refractivity (Wildman–Crippen MR) is 83.8 cm³/mol. The van der Waals surface area contributed by atoms with Crippen LogP contribution in [0.25, 0.3) is 0 Å². The molecule has 0 spiro atoms. The van der Waals surface area contributed by atoms with Gasteiger partial charge < -0.3 is 15.2 Å². The van der Waals surface area contributed by atoms with Gasteiger partial charge in [-0.2, -0.15) is 0 Å². The monoisotopic (exact) mass is 299 g/mol. The maximum atomic E-state index is 11.1. The molecule has 0 aromatic heterocycles. The normalized spacial score (nSPS) is 15.7. The average Bonchev–Trinajstić information content (AvgIpc) is 2.35. The van der Waals surface area contributed by atoms with Crippen LogP contribution in [0, 0.1) is 13.8 Å². The van der Waals surface area contributed by atoms with Gasteiger partial charge >= 0.3 is 0 Å². The highest BCUT2D eigenvalue weighted by Gasteiger charge is 2.10. The van der Waals surface area contributed by atoms with Crippen molar-refractivity contribution in [1.29, 1.82) is 0 Å². The minimum atomic E-state index is -0.825. The second-order valence-corrected chi connectivity index (χ2v) is 6.71. The Morgan fingerprint density at radius 3 is 2.50 bits per heavy atom. The van der Waals surface area contributed by atoms with Gasteiger partial charge in [0.05, 0.1) is 0 Å². The van der Waals surface area contributed by atoms with Gasteiger partial charge in [0.15, 0.2) is 0 Å². The standard InChI is InChI=1S/C15H25NO3S/c1-11-6-5-7-12(2)15(11)19-9-14(17)8-16-13(3)10-20(4)18/h5-7,13-14,16-17H,8-10H2,1-4H3. The minimum Gasteiger partial charge on any atom is -0.490 e. The van der Waals surface area contributed by atoms with E-state index in [-0.39, 0.29) is 12.6 Å². The maximum absolute atomic E-state index is 11.1. The zero-order chi connectivity index (χ0) is 15.1. The van der Waals surface area contributed by atoms with Crippen LogP contribution in [0.5, 0.6) is 5.75 Å². The number of para-hydroxylation sites is 1. The van der Waals surface area contributed by atoms with Gasteiger partial charge in [0.25, 0.3) is 0 Å². The molecule has 0 amide bonds. The van der Waals surface area contributed by atoms with E-state index in [1.54, 1.807) is 6.26 Å². The van der Waals surface area contributed by atoms with Crippen LogP contribution < -0.4 is 10.1 Å². The fourth-order valence-corrected chi connectivity index (χ4v) is 2.84. The molecule has 0 fully saturated rings. The summed E-state index contributed by atoms with van der Waals surface area (Å²) in [4.78, 5) is 0. The summed E-state index contributed by atoms with van der Waals surface area (Å²) in [6, 6.07) is 6.09. The van der Waals surface area contributed by atoms with Crippen LogP contribution >= 0.6 is 0 Å². The van der Waals surface area contributed by atoms with Gasteiger partial charge in [-0.25, -0.2) is 0 Å². The van der Waals surface area contributed by atoms with E-state index in [0.29, 0.717) is 12.3 Å². The Morgan fingerprint density at radius 1 is 1.35 bits per heavy atom. The molecule has 0 aliphatic carbocycles. The molecule has 0 aliphatic rings. The third-order valence-corrected chi connectivity index (χ3v) is 3.98. The van der Waals surface area contributed by atoms with E-state index >= 15 is 0 Å². The molecular weight excluding hydrogens is 274 g/mol. The third kappa shape index (κ3) is 6.03. The van der Waals surface area contributed by atoms with Crippen molar-refractivity contribution in [2.45, 2.75) is 32.9 Å². The molecule has 114 valence electrons. The largest absolute Gasteiger partial charge is 0.490 e. The number of hydrogen-bond acceptors (Lipinski definition) is 4. The number of hydrogen-bond donors (Lipinski definition) is 2. The van der Waals surface area contributed by atoms with Gasteiger partial charge in [0, 0.05) is 35.4 Å². The number of nitrogens with one attached hydrogen (secondary N) is 1. The smallest absolute Gasteiger partial charge is 0.125 e. The first kappa shape index (κ1) is 17.1. The molecule has 0 saturated heterocycles. The number of aliphatic hydroxyl groups is 1. The van der Waals surface area contributed by atoms with Gasteiger partial charge in [-0.05, 0) is 31.9 Å². The van der Waals surface area contributed by atoms with Crippen molar-refractivity contribution in [3.8, 4) is 5.75 Å². The van der Waals surface area contributed by atoms with Crippen molar-refractivity contribution in [3.05, 3.63) is 29.3 Å². The Bertz CT molecular complexity index is 430. The number of rotatable bonds is 8. The third-order valence-electron chi connectivity index (χ3n) is 3.02. The maximum Gasteiger partial charge on any atom is 0.125 e. The molecule has 20 heavy (non-hydrogen) atoms. The van der Waals surface area contributed by atoms with Crippen LogP contribution in [0.4, 0.5) is 0 Å². The molecule has 1 aromatic carbocycles. The summed E-state index contributed by atoms with van der Waals surface area (Å²) in [6.45, 7) is 6.63. The zero-order valence-electron chi connectivity index (χ0n) is 12.7. The first-order valence-corrected chi connectivity index (χ1v) is 8.53. The van der Waals surface area contributed by atoms with Crippen LogP contribution in [0.15, 0.2) is 18.2 Å². The van der Waals surface area contributed by atoms with E-state index < -0.39 is 16.9 Å². The molecule has 2 N–H and O–H groups in total. The van der Waals surface area contributed by atoms with E-state index in [1.165, 1.54) is 0 Å². The van der Waals surface area contributed by atoms with Gasteiger partial charge in [-0.1, -0.05) is 18.2 Å². The van der Waals surface area contributed by atoms with Crippen molar-refractivity contribution in [2.24, 2.45) is 0 Å². The molecule has 5 heteroatoms. The first-order valence-electron chi connectivity index (χ1n) is 6.80. The van der Waals surface area contributed by atoms with Gasteiger partial charge in [-0.3, -0.25) is 4.21 Å². The zero-order valence-corrected chi connectivity index (χ0v) is 13.5. The molecule has 4 nitrogen and oxygen atoms in total. The van der Waals surface area contributed by atoms with Crippen molar-refractivity contribution < 1.29 is 14.1 Å². The quantitative estimate of drug-likeness (QED) is 0.762. The molecule has 3 unspecified atom stereocenters. The lowest BCUT2D eigenvalue weighted by Crippen LogP contribution is -2.39. The average molecular weight is 299 g/mol. The first-order chi connectivity index (χ1) is 9.40. The summed E-state index contributed by atoms with van der Waals surface area (Å²) >= 11 is 0. The summed E-state index contributed by atoms with van der Waals surface area (Å²) in [7, 11) is -0.825. The molecule has 3 atom stereocenters. The van der Waals surface area contributed by atoms with E-state index in [9.17, 15) is 9.32 Å². The minimum absolute atomic E-state index is 0.121. The number of aryl methyl sites for hydroxylation is 2. The van der Waals surface area contributed by atoms with Crippen molar-refractivity contribution in [1.82, 2.24) is 5.32 Å². The second kappa shape index (κ2) is 8.39. The van der Waals surface area contributed by atoms with Crippen LogP contribution in [-0.4, -0.2) is 46.6 Å². The summed E-state index contributed by atoms with van der Waals surface area (Å²) in [5.41, 5.74) is 2.14. The molecule has 0 radical (unpaired) electrons. The summed E-state index contributed by atoms with van der Waals surface area (Å²) in [5.74, 6) is 1.43. The van der Waals surface area contributed by atoms with E-state index in [1.807, 2.05) is 39.0 Å².